The fraction of sp³-hybridized carbons (Fsp3) is 0.286. The molecule has 0 spiro atoms. The van der Waals surface area contributed by atoms with Crippen molar-refractivity contribution in [1.82, 2.24) is 15.3 Å². The third-order valence-electron chi connectivity index (χ3n) is 2.70. The van der Waals surface area contributed by atoms with Crippen LogP contribution in [0.15, 0.2) is 41.3 Å². The van der Waals surface area contributed by atoms with Crippen molar-refractivity contribution in [3.05, 3.63) is 58.3 Å². The SMILES string of the molecule is CCCNC(c1cc(F)cc(Br)c1)c1cnccn1. The fourth-order valence-corrected chi connectivity index (χ4v) is 2.37. The summed E-state index contributed by atoms with van der Waals surface area (Å²) in [5, 5.41) is 3.37. The minimum absolute atomic E-state index is 0.152. The van der Waals surface area contributed by atoms with Gasteiger partial charge in [0.15, 0.2) is 0 Å². The molecule has 0 aliphatic heterocycles. The summed E-state index contributed by atoms with van der Waals surface area (Å²) in [4.78, 5) is 8.38. The Morgan fingerprint density at radius 2 is 2.16 bits per heavy atom. The van der Waals surface area contributed by atoms with Gasteiger partial charge in [-0.15, -0.1) is 0 Å². The van der Waals surface area contributed by atoms with Gasteiger partial charge in [-0.1, -0.05) is 22.9 Å². The smallest absolute Gasteiger partial charge is 0.124 e. The molecular formula is C14H15BrFN3. The van der Waals surface area contributed by atoms with E-state index in [1.165, 1.54) is 12.1 Å². The number of nitrogens with zero attached hydrogens (tertiary/aromatic N) is 2. The zero-order chi connectivity index (χ0) is 13.7. The largest absolute Gasteiger partial charge is 0.305 e. The van der Waals surface area contributed by atoms with Crippen molar-refractivity contribution in [2.75, 3.05) is 6.54 Å². The summed E-state index contributed by atoms with van der Waals surface area (Å²) in [6.07, 6.45) is 5.96. The first-order valence-electron chi connectivity index (χ1n) is 6.16. The third kappa shape index (κ3) is 3.81. The summed E-state index contributed by atoms with van der Waals surface area (Å²) in [7, 11) is 0. The summed E-state index contributed by atoms with van der Waals surface area (Å²) in [5.74, 6) is -0.267. The Morgan fingerprint density at radius 3 is 2.79 bits per heavy atom. The number of rotatable bonds is 5. The van der Waals surface area contributed by atoms with E-state index in [-0.39, 0.29) is 11.9 Å². The van der Waals surface area contributed by atoms with Crippen LogP contribution in [0.1, 0.15) is 30.6 Å². The highest BCUT2D eigenvalue weighted by molar-refractivity contribution is 9.10. The van der Waals surface area contributed by atoms with Crippen LogP contribution in [0, 0.1) is 5.82 Å². The number of hydrogen-bond donors (Lipinski definition) is 1. The Hall–Kier alpha value is -1.33. The molecule has 19 heavy (non-hydrogen) atoms. The number of aromatic nitrogens is 2. The maximum atomic E-state index is 13.5. The van der Waals surface area contributed by atoms with Crippen molar-refractivity contribution in [1.29, 1.82) is 0 Å². The van der Waals surface area contributed by atoms with E-state index < -0.39 is 0 Å². The quantitative estimate of drug-likeness (QED) is 0.915. The average Bonchev–Trinajstić information content (AvgIpc) is 2.39. The lowest BCUT2D eigenvalue weighted by Gasteiger charge is -2.18. The summed E-state index contributed by atoms with van der Waals surface area (Å²) >= 11 is 3.32. The zero-order valence-electron chi connectivity index (χ0n) is 10.6. The van der Waals surface area contributed by atoms with Gasteiger partial charge < -0.3 is 5.32 Å². The first-order chi connectivity index (χ1) is 9.20. The highest BCUT2D eigenvalue weighted by atomic mass is 79.9. The van der Waals surface area contributed by atoms with E-state index in [4.69, 9.17) is 0 Å². The van der Waals surface area contributed by atoms with E-state index in [1.807, 2.05) is 6.07 Å². The molecule has 1 heterocycles. The van der Waals surface area contributed by atoms with Gasteiger partial charge in [-0.05, 0) is 36.7 Å². The molecule has 5 heteroatoms. The van der Waals surface area contributed by atoms with Crippen molar-refractivity contribution >= 4 is 15.9 Å². The Morgan fingerprint density at radius 1 is 1.32 bits per heavy atom. The molecule has 0 aliphatic rings. The topological polar surface area (TPSA) is 37.8 Å². The van der Waals surface area contributed by atoms with Crippen molar-refractivity contribution in [3.8, 4) is 0 Å². The van der Waals surface area contributed by atoms with Crippen LogP contribution in [0.5, 0.6) is 0 Å². The number of nitrogens with one attached hydrogen (secondary N) is 1. The van der Waals surface area contributed by atoms with Crippen molar-refractivity contribution in [2.24, 2.45) is 0 Å². The molecule has 1 N–H and O–H groups in total. The molecule has 0 radical (unpaired) electrons. The van der Waals surface area contributed by atoms with Gasteiger partial charge in [-0.2, -0.15) is 0 Å². The lowest BCUT2D eigenvalue weighted by atomic mass is 10.0. The fourth-order valence-electron chi connectivity index (χ4n) is 1.88. The summed E-state index contributed by atoms with van der Waals surface area (Å²) in [6, 6.07) is 4.70. The summed E-state index contributed by atoms with van der Waals surface area (Å²) < 4.78 is 14.2. The molecule has 0 saturated carbocycles. The van der Waals surface area contributed by atoms with E-state index in [2.05, 4.69) is 38.1 Å². The van der Waals surface area contributed by atoms with Crippen LogP contribution in [0.4, 0.5) is 4.39 Å². The second-order valence-electron chi connectivity index (χ2n) is 4.22. The molecule has 3 nitrogen and oxygen atoms in total. The van der Waals surface area contributed by atoms with E-state index in [0.29, 0.717) is 0 Å². The molecule has 1 aromatic heterocycles. The number of halogens is 2. The molecule has 1 unspecified atom stereocenters. The first-order valence-corrected chi connectivity index (χ1v) is 6.95. The predicted molar refractivity (Wildman–Crippen MR) is 76.3 cm³/mol. The standard InChI is InChI=1S/C14H15BrFN3/c1-2-3-19-14(13-9-17-4-5-18-13)10-6-11(15)8-12(16)7-10/h4-9,14,19H,2-3H2,1H3. The minimum atomic E-state index is -0.267. The van der Waals surface area contributed by atoms with Crippen LogP contribution in [-0.4, -0.2) is 16.5 Å². The minimum Gasteiger partial charge on any atom is -0.305 e. The van der Waals surface area contributed by atoms with Crippen LogP contribution in [-0.2, 0) is 0 Å². The van der Waals surface area contributed by atoms with Gasteiger partial charge in [0, 0.05) is 16.9 Å². The van der Waals surface area contributed by atoms with E-state index in [0.717, 1.165) is 28.7 Å². The summed E-state index contributed by atoms with van der Waals surface area (Å²) in [5.41, 5.74) is 1.62. The van der Waals surface area contributed by atoms with Gasteiger partial charge in [0.2, 0.25) is 0 Å². The summed E-state index contributed by atoms with van der Waals surface area (Å²) in [6.45, 7) is 2.91. The Bertz CT molecular complexity index is 513. The molecule has 0 bridgehead atoms. The second kappa shape index (κ2) is 6.73. The molecule has 0 saturated heterocycles. The highest BCUT2D eigenvalue weighted by Crippen LogP contribution is 2.24. The molecule has 0 amide bonds. The van der Waals surface area contributed by atoms with Gasteiger partial charge in [0.05, 0.1) is 17.9 Å². The van der Waals surface area contributed by atoms with Crippen molar-refractivity contribution in [3.63, 3.8) is 0 Å². The maximum Gasteiger partial charge on any atom is 0.124 e. The lowest BCUT2D eigenvalue weighted by molar-refractivity contribution is 0.574. The molecular weight excluding hydrogens is 309 g/mol. The molecule has 2 rings (SSSR count). The van der Waals surface area contributed by atoms with Crippen molar-refractivity contribution < 1.29 is 4.39 Å². The van der Waals surface area contributed by atoms with E-state index in [1.54, 1.807) is 18.6 Å². The van der Waals surface area contributed by atoms with Crippen LogP contribution < -0.4 is 5.32 Å². The van der Waals surface area contributed by atoms with Gasteiger partial charge in [-0.3, -0.25) is 9.97 Å². The highest BCUT2D eigenvalue weighted by Gasteiger charge is 2.16. The third-order valence-corrected chi connectivity index (χ3v) is 3.15. The Balaban J connectivity index is 2.36. The van der Waals surface area contributed by atoms with Gasteiger partial charge in [0.25, 0.3) is 0 Å². The molecule has 1 aromatic carbocycles. The van der Waals surface area contributed by atoms with Crippen LogP contribution in [0.25, 0.3) is 0 Å². The van der Waals surface area contributed by atoms with Crippen LogP contribution >= 0.6 is 15.9 Å². The first kappa shape index (κ1) is 14.1. The molecule has 2 aromatic rings. The normalized spacial score (nSPS) is 12.4. The van der Waals surface area contributed by atoms with Gasteiger partial charge in [0.1, 0.15) is 5.82 Å². The average molecular weight is 324 g/mol. The van der Waals surface area contributed by atoms with Crippen LogP contribution in [0.3, 0.4) is 0 Å². The van der Waals surface area contributed by atoms with Crippen molar-refractivity contribution in [2.45, 2.75) is 19.4 Å². The molecule has 0 aliphatic carbocycles. The number of benzene rings is 1. The second-order valence-corrected chi connectivity index (χ2v) is 5.14. The van der Waals surface area contributed by atoms with Gasteiger partial charge in [-0.25, -0.2) is 4.39 Å². The van der Waals surface area contributed by atoms with E-state index >= 15 is 0 Å². The molecule has 100 valence electrons. The van der Waals surface area contributed by atoms with Gasteiger partial charge >= 0.3 is 0 Å². The predicted octanol–water partition coefficient (Wildman–Crippen LogP) is 3.47. The maximum absolute atomic E-state index is 13.5. The van der Waals surface area contributed by atoms with Crippen LogP contribution in [0.2, 0.25) is 0 Å². The van der Waals surface area contributed by atoms with E-state index in [9.17, 15) is 4.39 Å². The number of hydrogen-bond acceptors (Lipinski definition) is 3. The monoisotopic (exact) mass is 323 g/mol. The molecule has 0 fully saturated rings. The Labute approximate surface area is 120 Å². The zero-order valence-corrected chi connectivity index (χ0v) is 12.2. The Kier molecular flexibility index (Phi) is 4.99. The molecule has 1 atom stereocenters. The lowest BCUT2D eigenvalue weighted by Crippen LogP contribution is -2.24.